The molecule has 0 heterocycles. The van der Waals surface area contributed by atoms with E-state index in [0.29, 0.717) is 0 Å². The third kappa shape index (κ3) is 2.08. The normalized spacial score (nSPS) is 11.3. The number of halogens is 4. The van der Waals surface area contributed by atoms with Gasteiger partial charge in [-0.3, -0.25) is 0 Å². The quantitative estimate of drug-likeness (QED) is 0.600. The van der Waals surface area contributed by atoms with E-state index in [1.54, 1.807) is 6.07 Å². The first-order valence-electron chi connectivity index (χ1n) is 3.17. The molecular weight excluding hydrogens is 189 g/mol. The summed E-state index contributed by atoms with van der Waals surface area (Å²) in [5.74, 6) is 0. The van der Waals surface area contributed by atoms with Crippen LogP contribution in [0.4, 0.5) is 13.2 Å². The van der Waals surface area contributed by atoms with Gasteiger partial charge in [0.05, 0.1) is 0 Å². The van der Waals surface area contributed by atoms with Crippen LogP contribution in [0.15, 0.2) is 30.3 Å². The number of rotatable bonds is 1. The highest BCUT2D eigenvalue weighted by molar-refractivity contribution is 6.29. The lowest BCUT2D eigenvalue weighted by molar-refractivity contribution is -0.0988. The van der Waals surface area contributed by atoms with E-state index in [1.165, 1.54) is 24.3 Å². The van der Waals surface area contributed by atoms with E-state index in [9.17, 15) is 13.2 Å². The maximum absolute atomic E-state index is 12.0. The van der Waals surface area contributed by atoms with Crippen molar-refractivity contribution in [1.82, 2.24) is 0 Å². The molecule has 0 aromatic heterocycles. The van der Waals surface area contributed by atoms with Gasteiger partial charge in [0.25, 0.3) is 0 Å². The molecule has 1 aromatic carbocycles. The van der Waals surface area contributed by atoms with Crippen molar-refractivity contribution in [3.63, 3.8) is 0 Å². The Morgan fingerprint density at radius 2 is 1.58 bits per heavy atom. The van der Waals surface area contributed by atoms with E-state index in [2.05, 4.69) is 0 Å². The van der Waals surface area contributed by atoms with E-state index in [1.807, 2.05) is 0 Å². The second-order valence-corrected chi connectivity index (χ2v) is 2.56. The highest BCUT2D eigenvalue weighted by Crippen LogP contribution is 2.36. The molecule has 66 valence electrons. The Hall–Kier alpha value is -0.830. The van der Waals surface area contributed by atoms with Crippen molar-refractivity contribution in [2.45, 2.75) is 6.18 Å². The van der Waals surface area contributed by atoms with Gasteiger partial charge in [0.1, 0.15) is 0 Å². The molecule has 0 aliphatic rings. The number of hydrogen-bond donors (Lipinski definition) is 0. The lowest BCUT2D eigenvalue weighted by atomic mass is 10.1. The van der Waals surface area contributed by atoms with Crippen molar-refractivity contribution >= 4 is 11.6 Å². The van der Waals surface area contributed by atoms with E-state index < -0.39 is 11.6 Å². The topological polar surface area (TPSA) is 0 Å². The fraction of sp³-hybridized carbons (Fsp3) is 0.125. The second-order valence-electron chi connectivity index (χ2n) is 2.18. The molecule has 0 saturated carbocycles. The van der Waals surface area contributed by atoms with Gasteiger partial charge in [0, 0.05) is 5.38 Å². The van der Waals surface area contributed by atoms with Crippen molar-refractivity contribution in [2.24, 2.45) is 0 Å². The van der Waals surface area contributed by atoms with Gasteiger partial charge in [0.2, 0.25) is 0 Å². The molecule has 0 atom stereocenters. The molecule has 1 rings (SSSR count). The minimum atomic E-state index is -4.46. The largest absolute Gasteiger partial charge is 0.380 e. The summed E-state index contributed by atoms with van der Waals surface area (Å²) in [6.07, 6.45) is -4.46. The minimum Gasteiger partial charge on any atom is -0.178 e. The van der Waals surface area contributed by atoms with Crippen LogP contribution in [0.1, 0.15) is 5.56 Å². The summed E-state index contributed by atoms with van der Waals surface area (Å²) >= 11 is 5.07. The van der Waals surface area contributed by atoms with Crippen molar-refractivity contribution in [1.29, 1.82) is 0 Å². The van der Waals surface area contributed by atoms with Crippen molar-refractivity contribution in [2.75, 3.05) is 0 Å². The first-order chi connectivity index (χ1) is 5.52. The number of alkyl halides is 3. The summed E-state index contributed by atoms with van der Waals surface area (Å²) in [4.78, 5) is 0. The van der Waals surface area contributed by atoms with Gasteiger partial charge >= 0.3 is 6.18 Å². The third-order valence-electron chi connectivity index (χ3n) is 1.28. The summed E-state index contributed by atoms with van der Waals surface area (Å²) < 4.78 is 35.9. The molecule has 0 N–H and O–H groups in total. The predicted molar refractivity (Wildman–Crippen MR) is 40.7 cm³/mol. The number of hydrogen-bond acceptors (Lipinski definition) is 0. The van der Waals surface area contributed by atoms with Gasteiger partial charge in [-0.1, -0.05) is 6.07 Å². The van der Waals surface area contributed by atoms with Crippen LogP contribution in [0.2, 0.25) is 0 Å². The smallest absolute Gasteiger partial charge is 0.178 e. The van der Waals surface area contributed by atoms with Gasteiger partial charge in [-0.05, 0) is 0 Å². The van der Waals surface area contributed by atoms with Crippen LogP contribution < -0.4 is 0 Å². The van der Waals surface area contributed by atoms with E-state index in [0.717, 1.165) is 0 Å². The highest BCUT2D eigenvalue weighted by Gasteiger charge is 2.32. The zero-order chi connectivity index (χ0) is 9.19. The molecule has 0 spiro atoms. The fourth-order valence-corrected chi connectivity index (χ4v) is 0.874. The summed E-state index contributed by atoms with van der Waals surface area (Å²) in [6.45, 7) is 0. The Kier molecular flexibility index (Phi) is 2.52. The van der Waals surface area contributed by atoms with Crippen molar-refractivity contribution < 1.29 is 13.2 Å². The van der Waals surface area contributed by atoms with Crippen LogP contribution >= 0.6 is 11.6 Å². The number of benzene rings is 1. The highest BCUT2D eigenvalue weighted by atomic mass is 35.5. The molecule has 0 nitrogen and oxygen atoms in total. The Labute approximate surface area is 73.0 Å². The van der Waals surface area contributed by atoms with Gasteiger partial charge < -0.3 is 0 Å². The average molecular weight is 194 g/mol. The lowest BCUT2D eigenvalue weighted by Gasteiger charge is -2.20. The van der Waals surface area contributed by atoms with Crippen molar-refractivity contribution in [3.05, 3.63) is 41.3 Å². The molecule has 0 bridgehead atoms. The SMILES string of the molecule is FC(F)(F)[C-](Cl)c1ccccc1. The van der Waals surface area contributed by atoms with Gasteiger partial charge in [-0.25, -0.2) is 0 Å². The average Bonchev–Trinajstić information content (AvgIpc) is 2.03. The Morgan fingerprint density at radius 3 is 2.00 bits per heavy atom. The molecule has 0 aliphatic carbocycles. The predicted octanol–water partition coefficient (Wildman–Crippen LogP) is 3.37. The maximum atomic E-state index is 12.0. The molecule has 0 radical (unpaired) electrons. The molecule has 0 fully saturated rings. The van der Waals surface area contributed by atoms with E-state index in [4.69, 9.17) is 11.6 Å². The summed E-state index contributed by atoms with van der Waals surface area (Å²) in [7, 11) is 0. The zero-order valence-corrected chi connectivity index (χ0v) is 6.65. The minimum absolute atomic E-state index is 0.00772. The standard InChI is InChI=1S/C8H5ClF3/c9-7(8(10,11)12)6-4-2-1-3-5-6/h1-5H/q-1. The van der Waals surface area contributed by atoms with Crippen LogP contribution in [0, 0.1) is 5.38 Å². The van der Waals surface area contributed by atoms with Crippen molar-refractivity contribution in [3.8, 4) is 0 Å². The second kappa shape index (κ2) is 3.27. The van der Waals surface area contributed by atoms with Crippen LogP contribution in [0.5, 0.6) is 0 Å². The molecule has 0 aliphatic heterocycles. The first kappa shape index (κ1) is 9.26. The summed E-state index contributed by atoms with van der Waals surface area (Å²) in [6, 6.07) is 7.27. The first-order valence-corrected chi connectivity index (χ1v) is 3.54. The molecule has 1 aromatic rings. The van der Waals surface area contributed by atoms with Gasteiger partial charge in [0.15, 0.2) is 0 Å². The Morgan fingerprint density at radius 1 is 1.08 bits per heavy atom. The summed E-state index contributed by atoms with van der Waals surface area (Å²) in [5, 5.41) is -1.08. The van der Waals surface area contributed by atoms with E-state index in [-0.39, 0.29) is 5.56 Å². The third-order valence-corrected chi connectivity index (χ3v) is 1.71. The van der Waals surface area contributed by atoms with Gasteiger partial charge in [-0.2, -0.15) is 42.5 Å². The zero-order valence-electron chi connectivity index (χ0n) is 5.90. The Balaban J connectivity index is 2.86. The molecule has 4 heteroatoms. The van der Waals surface area contributed by atoms with Crippen LogP contribution in [-0.2, 0) is 0 Å². The molecule has 0 unspecified atom stereocenters. The molecule has 12 heavy (non-hydrogen) atoms. The molecular formula is C8H5ClF3-. The van der Waals surface area contributed by atoms with Crippen LogP contribution in [-0.4, -0.2) is 6.18 Å². The monoisotopic (exact) mass is 193 g/mol. The molecule has 0 amide bonds. The van der Waals surface area contributed by atoms with Gasteiger partial charge in [-0.15, -0.1) is 12.1 Å². The fourth-order valence-electron chi connectivity index (χ4n) is 0.748. The Bertz CT molecular complexity index is 242. The van der Waals surface area contributed by atoms with Crippen LogP contribution in [0.25, 0.3) is 0 Å². The van der Waals surface area contributed by atoms with E-state index >= 15 is 0 Å². The summed E-state index contributed by atoms with van der Waals surface area (Å²) in [5.41, 5.74) is -0.00772. The van der Waals surface area contributed by atoms with Crippen LogP contribution in [0.3, 0.4) is 0 Å². The maximum Gasteiger partial charge on any atom is 0.380 e. The lowest BCUT2D eigenvalue weighted by Crippen LogP contribution is -2.16. The molecule has 0 saturated heterocycles.